The lowest BCUT2D eigenvalue weighted by Crippen LogP contribution is -2.02. The lowest BCUT2D eigenvalue weighted by molar-refractivity contribution is 0.557. The average molecular weight is 135 g/mol. The highest BCUT2D eigenvalue weighted by Crippen LogP contribution is 1.96. The van der Waals surface area contributed by atoms with Crippen LogP contribution in [0.4, 0.5) is 5.82 Å². The first kappa shape index (κ1) is 6.74. The number of carbonyl (C=O) groups excluding carboxylic acids is 1. The monoisotopic (exact) mass is 135 g/mol. The summed E-state index contributed by atoms with van der Waals surface area (Å²) in [6.07, 6.45) is 3.37. The quantitative estimate of drug-likeness (QED) is 0.660. The molecular weight excluding hydrogens is 128 g/mol. The number of nitrogens with one attached hydrogen (secondary N) is 1. The van der Waals surface area contributed by atoms with Crippen LogP contribution in [0.3, 0.4) is 0 Å². The third-order valence-electron chi connectivity index (χ3n) is 1.01. The summed E-state index contributed by atoms with van der Waals surface area (Å²) in [7, 11) is 0. The van der Waals surface area contributed by atoms with Crippen LogP contribution in [-0.2, 0) is 4.79 Å². The summed E-state index contributed by atoms with van der Waals surface area (Å²) in [5.41, 5.74) is 0. The second kappa shape index (κ2) is 3.61. The maximum Gasteiger partial charge on any atom is 0.219 e. The van der Waals surface area contributed by atoms with Gasteiger partial charge in [-0.3, -0.25) is 4.79 Å². The third-order valence-corrected chi connectivity index (χ3v) is 1.01. The standard InChI is InChI=1S/C7H7N2O/c10-6-5-9-7-3-1-2-4-8-7/h1-4H,5H2,(H,8,9). The summed E-state index contributed by atoms with van der Waals surface area (Å²) in [4.78, 5) is 13.7. The minimum Gasteiger partial charge on any atom is -0.362 e. The van der Waals surface area contributed by atoms with Gasteiger partial charge in [0, 0.05) is 6.20 Å². The molecule has 0 saturated carbocycles. The summed E-state index contributed by atoms with van der Waals surface area (Å²) in [6.45, 7) is 0.191. The highest BCUT2D eigenvalue weighted by molar-refractivity contribution is 5.58. The molecule has 0 amide bonds. The zero-order valence-corrected chi connectivity index (χ0v) is 5.37. The molecule has 1 N–H and O–H groups in total. The second-order valence-corrected chi connectivity index (χ2v) is 1.71. The molecule has 3 nitrogen and oxygen atoms in total. The first-order chi connectivity index (χ1) is 4.93. The minimum atomic E-state index is 0.191. The molecule has 1 rings (SSSR count). The fourth-order valence-electron chi connectivity index (χ4n) is 0.594. The number of anilines is 1. The Hall–Kier alpha value is -1.38. The fraction of sp³-hybridized carbons (Fsp3) is 0.143. The minimum absolute atomic E-state index is 0.191. The van der Waals surface area contributed by atoms with Crippen LogP contribution in [0.1, 0.15) is 0 Å². The molecule has 1 aromatic rings. The first-order valence-corrected chi connectivity index (χ1v) is 2.93. The molecule has 0 fully saturated rings. The van der Waals surface area contributed by atoms with Crippen molar-refractivity contribution in [2.75, 3.05) is 11.9 Å². The number of hydrogen-bond donors (Lipinski definition) is 1. The molecule has 0 aliphatic rings. The van der Waals surface area contributed by atoms with Gasteiger partial charge in [0.25, 0.3) is 0 Å². The van der Waals surface area contributed by atoms with Crippen molar-refractivity contribution in [2.45, 2.75) is 0 Å². The van der Waals surface area contributed by atoms with E-state index in [2.05, 4.69) is 10.3 Å². The summed E-state index contributed by atoms with van der Waals surface area (Å²) in [5.74, 6) is 0.700. The van der Waals surface area contributed by atoms with Gasteiger partial charge in [-0.1, -0.05) is 6.07 Å². The molecule has 1 aromatic heterocycles. The van der Waals surface area contributed by atoms with Crippen molar-refractivity contribution in [3.05, 3.63) is 24.4 Å². The predicted octanol–water partition coefficient (Wildman–Crippen LogP) is 0.603. The molecule has 0 aliphatic carbocycles. The lowest BCUT2D eigenvalue weighted by Gasteiger charge is -1.96. The van der Waals surface area contributed by atoms with Gasteiger partial charge < -0.3 is 5.32 Å². The van der Waals surface area contributed by atoms with Gasteiger partial charge in [-0.15, -0.1) is 0 Å². The Bertz CT molecular complexity index is 198. The number of pyridine rings is 1. The summed E-state index contributed by atoms with van der Waals surface area (Å²) >= 11 is 0. The second-order valence-electron chi connectivity index (χ2n) is 1.71. The average Bonchev–Trinajstić information content (AvgIpc) is 2.03. The van der Waals surface area contributed by atoms with E-state index >= 15 is 0 Å². The lowest BCUT2D eigenvalue weighted by atomic mass is 10.4. The highest BCUT2D eigenvalue weighted by Gasteiger charge is 1.86. The van der Waals surface area contributed by atoms with Gasteiger partial charge in [0.2, 0.25) is 6.29 Å². The third kappa shape index (κ3) is 1.85. The Balaban J connectivity index is 2.50. The molecule has 10 heavy (non-hydrogen) atoms. The number of hydrogen-bond acceptors (Lipinski definition) is 3. The van der Waals surface area contributed by atoms with E-state index in [0.29, 0.717) is 5.82 Å². The first-order valence-electron chi connectivity index (χ1n) is 2.93. The van der Waals surface area contributed by atoms with Gasteiger partial charge in [-0.25, -0.2) is 4.98 Å². The topological polar surface area (TPSA) is 42.0 Å². The van der Waals surface area contributed by atoms with Crippen LogP contribution in [0.25, 0.3) is 0 Å². The maximum absolute atomic E-state index is 9.76. The molecule has 0 saturated heterocycles. The summed E-state index contributed by atoms with van der Waals surface area (Å²) in [6, 6.07) is 5.45. The van der Waals surface area contributed by atoms with Gasteiger partial charge >= 0.3 is 0 Å². The number of rotatable bonds is 3. The van der Waals surface area contributed by atoms with Gasteiger partial charge in [-0.2, -0.15) is 0 Å². The van der Waals surface area contributed by atoms with Crippen molar-refractivity contribution in [2.24, 2.45) is 0 Å². The largest absolute Gasteiger partial charge is 0.362 e. The Labute approximate surface area is 59.1 Å². The fourth-order valence-corrected chi connectivity index (χ4v) is 0.594. The molecule has 0 spiro atoms. The Morgan fingerprint density at radius 1 is 1.60 bits per heavy atom. The molecule has 1 radical (unpaired) electrons. The van der Waals surface area contributed by atoms with Gasteiger partial charge in [0.15, 0.2) is 0 Å². The van der Waals surface area contributed by atoms with Crippen molar-refractivity contribution in [1.29, 1.82) is 0 Å². The summed E-state index contributed by atoms with van der Waals surface area (Å²) in [5, 5.41) is 2.76. The van der Waals surface area contributed by atoms with Crippen LogP contribution in [0.2, 0.25) is 0 Å². The van der Waals surface area contributed by atoms with Crippen molar-refractivity contribution in [3.8, 4) is 0 Å². The number of nitrogens with zero attached hydrogens (tertiary/aromatic N) is 1. The van der Waals surface area contributed by atoms with Crippen LogP contribution >= 0.6 is 0 Å². The van der Waals surface area contributed by atoms with E-state index in [-0.39, 0.29) is 6.54 Å². The zero-order chi connectivity index (χ0) is 7.23. The van der Waals surface area contributed by atoms with Gasteiger partial charge in [-0.05, 0) is 12.1 Å². The predicted molar refractivity (Wildman–Crippen MR) is 38.4 cm³/mol. The van der Waals surface area contributed by atoms with E-state index in [4.69, 9.17) is 0 Å². The molecule has 3 heteroatoms. The van der Waals surface area contributed by atoms with Crippen molar-refractivity contribution >= 4 is 12.1 Å². The van der Waals surface area contributed by atoms with Crippen LogP contribution in [0.15, 0.2) is 24.4 Å². The Morgan fingerprint density at radius 3 is 3.10 bits per heavy atom. The molecular formula is C7H7N2O. The molecule has 0 bridgehead atoms. The zero-order valence-electron chi connectivity index (χ0n) is 5.37. The molecule has 0 aromatic carbocycles. The summed E-state index contributed by atoms with van der Waals surface area (Å²) < 4.78 is 0. The van der Waals surface area contributed by atoms with E-state index in [1.165, 1.54) is 0 Å². The maximum atomic E-state index is 9.76. The SMILES string of the molecule is O=[C]CNc1ccccn1. The Morgan fingerprint density at radius 2 is 2.50 bits per heavy atom. The van der Waals surface area contributed by atoms with Gasteiger partial charge in [0.1, 0.15) is 5.82 Å². The van der Waals surface area contributed by atoms with E-state index in [1.807, 2.05) is 12.1 Å². The van der Waals surface area contributed by atoms with E-state index in [9.17, 15) is 4.79 Å². The molecule has 1 heterocycles. The van der Waals surface area contributed by atoms with Crippen molar-refractivity contribution in [1.82, 2.24) is 4.98 Å². The van der Waals surface area contributed by atoms with Crippen molar-refractivity contribution in [3.63, 3.8) is 0 Å². The van der Waals surface area contributed by atoms with Crippen LogP contribution < -0.4 is 5.32 Å². The van der Waals surface area contributed by atoms with Crippen LogP contribution in [-0.4, -0.2) is 17.8 Å². The van der Waals surface area contributed by atoms with Crippen LogP contribution in [0.5, 0.6) is 0 Å². The molecule has 0 atom stereocenters. The molecule has 0 aliphatic heterocycles. The van der Waals surface area contributed by atoms with Crippen molar-refractivity contribution < 1.29 is 4.79 Å². The van der Waals surface area contributed by atoms with E-state index < -0.39 is 0 Å². The molecule has 0 unspecified atom stereocenters. The highest BCUT2D eigenvalue weighted by atomic mass is 16.1. The smallest absolute Gasteiger partial charge is 0.219 e. The van der Waals surface area contributed by atoms with E-state index in [0.717, 1.165) is 0 Å². The van der Waals surface area contributed by atoms with E-state index in [1.54, 1.807) is 18.5 Å². The molecule has 51 valence electrons. The van der Waals surface area contributed by atoms with Gasteiger partial charge in [0.05, 0.1) is 6.54 Å². The Kier molecular flexibility index (Phi) is 2.43. The van der Waals surface area contributed by atoms with Crippen LogP contribution in [0, 0.1) is 0 Å². The number of aromatic nitrogens is 1. The normalized spacial score (nSPS) is 8.80.